The van der Waals surface area contributed by atoms with Gasteiger partial charge >= 0.3 is 0 Å². The number of aromatic amines is 2. The van der Waals surface area contributed by atoms with Crippen molar-refractivity contribution in [2.75, 3.05) is 0 Å². The molecule has 1 aromatic carbocycles. The van der Waals surface area contributed by atoms with E-state index >= 15 is 0 Å². The van der Waals surface area contributed by atoms with Crippen molar-refractivity contribution in [1.29, 1.82) is 0 Å². The molecule has 0 saturated carbocycles. The Morgan fingerprint density at radius 2 is 1.95 bits per heavy atom. The summed E-state index contributed by atoms with van der Waals surface area (Å²) < 4.78 is 0. The van der Waals surface area contributed by atoms with E-state index in [0.717, 1.165) is 29.1 Å². The molecule has 0 bridgehead atoms. The molecule has 0 aliphatic heterocycles. The molecule has 0 fully saturated rings. The smallest absolute Gasteiger partial charge is 0.154 e. The predicted molar refractivity (Wildman–Crippen MR) is 79.2 cm³/mol. The third-order valence-electron chi connectivity index (χ3n) is 3.38. The lowest BCUT2D eigenvalue weighted by atomic mass is 10.1. The van der Waals surface area contributed by atoms with Gasteiger partial charge in [-0.25, -0.2) is 4.98 Å². The Hall–Kier alpha value is -2.03. The number of aryl methyl sites for hydroxylation is 1. The van der Waals surface area contributed by atoms with Gasteiger partial charge in [-0.1, -0.05) is 32.0 Å². The topological polar surface area (TPSA) is 44.5 Å². The molecule has 0 radical (unpaired) electrons. The van der Waals surface area contributed by atoms with Crippen molar-refractivity contribution in [2.24, 2.45) is 5.92 Å². The van der Waals surface area contributed by atoms with Gasteiger partial charge in [0.15, 0.2) is 5.82 Å². The van der Waals surface area contributed by atoms with Crippen LogP contribution in [-0.2, 0) is 6.42 Å². The highest BCUT2D eigenvalue weighted by Crippen LogP contribution is 2.23. The Kier molecular flexibility index (Phi) is 2.90. The number of H-pyrrole nitrogens is 2. The van der Waals surface area contributed by atoms with E-state index in [2.05, 4.69) is 60.0 Å². The van der Waals surface area contributed by atoms with Crippen LogP contribution in [0.1, 0.15) is 25.2 Å². The minimum atomic E-state index is 0.634. The number of imidazole rings is 1. The van der Waals surface area contributed by atoms with E-state index in [0.29, 0.717) is 5.92 Å². The Morgan fingerprint density at radius 1 is 1.16 bits per heavy atom. The summed E-state index contributed by atoms with van der Waals surface area (Å²) in [6.07, 6.45) is 1.04. The van der Waals surface area contributed by atoms with Gasteiger partial charge in [-0.3, -0.25) is 0 Å². The van der Waals surface area contributed by atoms with Gasteiger partial charge in [-0.05, 0) is 31.4 Å². The van der Waals surface area contributed by atoms with Gasteiger partial charge in [0, 0.05) is 16.6 Å². The molecule has 98 valence electrons. The number of rotatable bonds is 3. The summed E-state index contributed by atoms with van der Waals surface area (Å²) >= 11 is 0. The van der Waals surface area contributed by atoms with Gasteiger partial charge in [-0.2, -0.15) is 0 Å². The molecule has 0 spiro atoms. The largest absolute Gasteiger partial charge is 0.352 e. The number of aromatic nitrogens is 3. The predicted octanol–water partition coefficient (Wildman–Crippen LogP) is 4.06. The standard InChI is InChI=1S/C16H19N3/c1-10(2)8-14-11(3)17-16(19-14)15-9-12-6-4-5-7-13(12)18-15/h4-7,9-10,18H,8H2,1-3H3,(H,17,19). The van der Waals surface area contributed by atoms with Gasteiger partial charge < -0.3 is 9.97 Å². The average Bonchev–Trinajstić information content (AvgIpc) is 2.93. The highest BCUT2D eigenvalue weighted by atomic mass is 15.0. The average molecular weight is 253 g/mol. The lowest BCUT2D eigenvalue weighted by Gasteiger charge is -2.01. The zero-order valence-electron chi connectivity index (χ0n) is 11.6. The molecule has 3 rings (SSSR count). The first-order chi connectivity index (χ1) is 9.13. The summed E-state index contributed by atoms with van der Waals surface area (Å²) in [7, 11) is 0. The van der Waals surface area contributed by atoms with Gasteiger partial charge in [-0.15, -0.1) is 0 Å². The lowest BCUT2D eigenvalue weighted by Crippen LogP contribution is -1.96. The number of benzene rings is 1. The Bertz CT molecular complexity index is 671. The molecular formula is C16H19N3. The fourth-order valence-electron chi connectivity index (χ4n) is 2.43. The fourth-order valence-corrected chi connectivity index (χ4v) is 2.43. The van der Waals surface area contributed by atoms with Gasteiger partial charge in [0.1, 0.15) is 0 Å². The zero-order chi connectivity index (χ0) is 13.4. The summed E-state index contributed by atoms with van der Waals surface area (Å²) in [5.41, 5.74) is 4.54. The van der Waals surface area contributed by atoms with Gasteiger partial charge in [0.25, 0.3) is 0 Å². The first kappa shape index (κ1) is 12.0. The molecule has 2 heterocycles. The molecule has 0 aliphatic rings. The quantitative estimate of drug-likeness (QED) is 0.726. The highest BCUT2D eigenvalue weighted by Gasteiger charge is 2.11. The van der Waals surface area contributed by atoms with E-state index in [4.69, 9.17) is 0 Å². The van der Waals surface area contributed by atoms with Crippen LogP contribution >= 0.6 is 0 Å². The molecule has 2 N–H and O–H groups in total. The summed E-state index contributed by atoms with van der Waals surface area (Å²) in [6, 6.07) is 10.4. The van der Waals surface area contributed by atoms with Crippen molar-refractivity contribution in [1.82, 2.24) is 15.0 Å². The summed E-state index contributed by atoms with van der Waals surface area (Å²) in [5, 5.41) is 1.22. The number of hydrogen-bond donors (Lipinski definition) is 2. The van der Waals surface area contributed by atoms with Crippen LogP contribution in [0.3, 0.4) is 0 Å². The molecule has 19 heavy (non-hydrogen) atoms. The number of nitrogens with zero attached hydrogens (tertiary/aromatic N) is 1. The Morgan fingerprint density at radius 3 is 2.68 bits per heavy atom. The Balaban J connectivity index is 2.01. The first-order valence-corrected chi connectivity index (χ1v) is 6.77. The van der Waals surface area contributed by atoms with Crippen molar-refractivity contribution in [2.45, 2.75) is 27.2 Å². The van der Waals surface area contributed by atoms with Crippen LogP contribution in [-0.4, -0.2) is 15.0 Å². The van der Waals surface area contributed by atoms with Crippen molar-refractivity contribution >= 4 is 10.9 Å². The van der Waals surface area contributed by atoms with Crippen LogP contribution in [0.2, 0.25) is 0 Å². The van der Waals surface area contributed by atoms with E-state index in [1.165, 1.54) is 11.1 Å². The van der Waals surface area contributed by atoms with Gasteiger partial charge in [0.2, 0.25) is 0 Å². The molecular weight excluding hydrogens is 234 g/mol. The molecule has 0 saturated heterocycles. The maximum Gasteiger partial charge on any atom is 0.154 e. The number of para-hydroxylation sites is 1. The van der Waals surface area contributed by atoms with E-state index in [-0.39, 0.29) is 0 Å². The molecule has 0 atom stereocenters. The van der Waals surface area contributed by atoms with Crippen LogP contribution < -0.4 is 0 Å². The molecule has 3 nitrogen and oxygen atoms in total. The Labute approximate surface area is 113 Å². The normalized spacial score (nSPS) is 11.6. The third-order valence-corrected chi connectivity index (χ3v) is 3.38. The SMILES string of the molecule is Cc1nc(-c2cc3ccccc3[nH]2)[nH]c1CC(C)C. The number of hydrogen-bond acceptors (Lipinski definition) is 1. The van der Waals surface area contributed by atoms with Crippen LogP contribution in [0.25, 0.3) is 22.4 Å². The zero-order valence-corrected chi connectivity index (χ0v) is 11.6. The molecule has 0 unspecified atom stereocenters. The summed E-state index contributed by atoms with van der Waals surface area (Å²) in [6.45, 7) is 6.52. The van der Waals surface area contributed by atoms with Gasteiger partial charge in [0.05, 0.1) is 11.4 Å². The number of nitrogens with one attached hydrogen (secondary N) is 2. The second kappa shape index (κ2) is 4.57. The summed E-state index contributed by atoms with van der Waals surface area (Å²) in [5.74, 6) is 1.57. The molecule has 3 heteroatoms. The van der Waals surface area contributed by atoms with Crippen LogP contribution in [0.4, 0.5) is 0 Å². The summed E-state index contributed by atoms with van der Waals surface area (Å²) in [4.78, 5) is 11.5. The molecule has 3 aromatic rings. The van der Waals surface area contributed by atoms with E-state index < -0.39 is 0 Å². The number of fused-ring (bicyclic) bond motifs is 1. The van der Waals surface area contributed by atoms with E-state index in [9.17, 15) is 0 Å². The maximum atomic E-state index is 4.64. The minimum Gasteiger partial charge on any atom is -0.352 e. The molecule has 0 amide bonds. The van der Waals surface area contributed by atoms with Crippen LogP contribution in [0.5, 0.6) is 0 Å². The molecule has 0 aliphatic carbocycles. The van der Waals surface area contributed by atoms with Crippen molar-refractivity contribution in [3.05, 3.63) is 41.7 Å². The maximum absolute atomic E-state index is 4.64. The van der Waals surface area contributed by atoms with Crippen LogP contribution in [0, 0.1) is 12.8 Å². The second-order valence-corrected chi connectivity index (χ2v) is 5.52. The van der Waals surface area contributed by atoms with E-state index in [1.54, 1.807) is 0 Å². The van der Waals surface area contributed by atoms with Crippen LogP contribution in [0.15, 0.2) is 30.3 Å². The second-order valence-electron chi connectivity index (χ2n) is 5.52. The van der Waals surface area contributed by atoms with E-state index in [1.807, 2.05) is 6.07 Å². The monoisotopic (exact) mass is 253 g/mol. The minimum absolute atomic E-state index is 0.634. The lowest BCUT2D eigenvalue weighted by molar-refractivity contribution is 0.635. The molecule has 2 aromatic heterocycles. The van der Waals surface area contributed by atoms with Crippen molar-refractivity contribution in [3.63, 3.8) is 0 Å². The van der Waals surface area contributed by atoms with Crippen molar-refractivity contribution < 1.29 is 0 Å². The third kappa shape index (κ3) is 2.28. The first-order valence-electron chi connectivity index (χ1n) is 6.77. The fraction of sp³-hybridized carbons (Fsp3) is 0.312. The van der Waals surface area contributed by atoms with Crippen molar-refractivity contribution in [3.8, 4) is 11.5 Å². The highest BCUT2D eigenvalue weighted by molar-refractivity contribution is 5.84.